The number of hydrogen-bond donors (Lipinski definition) is 1. The zero-order valence-corrected chi connectivity index (χ0v) is 16.0. The third-order valence-electron chi connectivity index (χ3n) is 3.52. The van der Waals surface area contributed by atoms with E-state index < -0.39 is 12.1 Å². The zero-order valence-electron chi connectivity index (χ0n) is 15.2. The summed E-state index contributed by atoms with van der Waals surface area (Å²) in [4.78, 5) is 28.3. The highest BCUT2D eigenvalue weighted by Crippen LogP contribution is 2.25. The van der Waals surface area contributed by atoms with Crippen LogP contribution in [0.2, 0.25) is 0 Å². The first kappa shape index (κ1) is 19.9. The number of benzene rings is 1. The number of amides is 1. The lowest BCUT2D eigenvalue weighted by Gasteiger charge is -2.18. The first-order chi connectivity index (χ1) is 12.5. The van der Waals surface area contributed by atoms with E-state index in [0.717, 1.165) is 5.56 Å². The van der Waals surface area contributed by atoms with E-state index in [0.29, 0.717) is 24.0 Å². The summed E-state index contributed by atoms with van der Waals surface area (Å²) in [5.41, 5.74) is 1.18. The standard InChI is InChI=1S/C19H24N2O4S/c1-4-24-18(22)16-12-26-17(20-16)15(10-13(2)3)21-19(23)25-11-14-8-6-5-7-9-14/h5-9,12-13,15H,4,10-11H2,1-3H3,(H,21,23)/t15-/m0/s1. The molecule has 0 spiro atoms. The Kier molecular flexibility index (Phi) is 7.59. The van der Waals surface area contributed by atoms with E-state index in [9.17, 15) is 9.59 Å². The highest BCUT2D eigenvalue weighted by molar-refractivity contribution is 7.09. The summed E-state index contributed by atoms with van der Waals surface area (Å²) in [6.07, 6.45) is 0.184. The SMILES string of the molecule is CCOC(=O)c1csc([C@H](CC(C)C)NC(=O)OCc2ccccc2)n1. The van der Waals surface area contributed by atoms with Crippen LogP contribution in [0, 0.1) is 5.92 Å². The molecule has 0 radical (unpaired) electrons. The van der Waals surface area contributed by atoms with Crippen LogP contribution >= 0.6 is 11.3 Å². The predicted molar refractivity (Wildman–Crippen MR) is 100 cm³/mol. The molecule has 0 aliphatic carbocycles. The summed E-state index contributed by atoms with van der Waals surface area (Å²) in [7, 11) is 0. The number of thiazole rings is 1. The molecular weight excluding hydrogens is 352 g/mol. The molecule has 26 heavy (non-hydrogen) atoms. The summed E-state index contributed by atoms with van der Waals surface area (Å²) in [5.74, 6) is -0.116. The molecule has 1 aromatic carbocycles. The number of nitrogens with one attached hydrogen (secondary N) is 1. The minimum atomic E-state index is -0.507. The largest absolute Gasteiger partial charge is 0.461 e. The molecule has 7 heteroatoms. The molecule has 0 saturated heterocycles. The lowest BCUT2D eigenvalue weighted by molar-refractivity contribution is 0.0520. The second kappa shape index (κ2) is 9.91. The van der Waals surface area contributed by atoms with E-state index in [1.807, 2.05) is 30.3 Å². The van der Waals surface area contributed by atoms with Crippen molar-refractivity contribution in [3.8, 4) is 0 Å². The molecular formula is C19H24N2O4S. The van der Waals surface area contributed by atoms with Crippen LogP contribution in [0.3, 0.4) is 0 Å². The average molecular weight is 376 g/mol. The Morgan fingerprint density at radius 3 is 2.58 bits per heavy atom. The maximum Gasteiger partial charge on any atom is 0.408 e. The van der Waals surface area contributed by atoms with Crippen LogP contribution in [0.1, 0.15) is 54.3 Å². The van der Waals surface area contributed by atoms with Gasteiger partial charge in [0.25, 0.3) is 0 Å². The number of carbonyl (C=O) groups excluding carboxylic acids is 2. The van der Waals surface area contributed by atoms with Crippen molar-refractivity contribution in [2.24, 2.45) is 5.92 Å². The normalized spacial score (nSPS) is 11.8. The molecule has 1 aromatic heterocycles. The van der Waals surface area contributed by atoms with Crippen molar-refractivity contribution in [2.75, 3.05) is 6.61 Å². The highest BCUT2D eigenvalue weighted by atomic mass is 32.1. The Balaban J connectivity index is 2.00. The van der Waals surface area contributed by atoms with Crippen molar-refractivity contribution in [1.29, 1.82) is 0 Å². The van der Waals surface area contributed by atoms with Crippen LogP contribution in [0.4, 0.5) is 4.79 Å². The van der Waals surface area contributed by atoms with Crippen LogP contribution in [0.5, 0.6) is 0 Å². The number of rotatable bonds is 8. The molecule has 1 amide bonds. The number of carbonyl (C=O) groups is 2. The van der Waals surface area contributed by atoms with Crippen LogP contribution in [0.15, 0.2) is 35.7 Å². The Bertz CT molecular complexity index is 715. The molecule has 0 fully saturated rings. The monoisotopic (exact) mass is 376 g/mol. The Labute approximate surface area is 157 Å². The van der Waals surface area contributed by atoms with Crippen molar-refractivity contribution in [3.05, 3.63) is 52.0 Å². The highest BCUT2D eigenvalue weighted by Gasteiger charge is 2.22. The van der Waals surface area contributed by atoms with Gasteiger partial charge in [-0.25, -0.2) is 14.6 Å². The Morgan fingerprint density at radius 2 is 1.92 bits per heavy atom. The Hall–Kier alpha value is -2.41. The quantitative estimate of drug-likeness (QED) is 0.694. The smallest absolute Gasteiger partial charge is 0.408 e. The summed E-state index contributed by atoms with van der Waals surface area (Å²) in [5, 5.41) is 5.17. The van der Waals surface area contributed by atoms with E-state index in [2.05, 4.69) is 24.1 Å². The molecule has 0 aliphatic rings. The maximum atomic E-state index is 12.2. The van der Waals surface area contributed by atoms with E-state index in [1.165, 1.54) is 11.3 Å². The second-order valence-electron chi connectivity index (χ2n) is 6.18. The molecule has 0 saturated carbocycles. The average Bonchev–Trinajstić information content (AvgIpc) is 3.10. The van der Waals surface area contributed by atoms with Gasteiger partial charge in [0.2, 0.25) is 0 Å². The van der Waals surface area contributed by atoms with Crippen LogP contribution in [0.25, 0.3) is 0 Å². The fraction of sp³-hybridized carbons (Fsp3) is 0.421. The van der Waals surface area contributed by atoms with Gasteiger partial charge in [0.15, 0.2) is 5.69 Å². The number of esters is 1. The number of alkyl carbamates (subject to hydrolysis) is 1. The summed E-state index contributed by atoms with van der Waals surface area (Å²) in [6.45, 7) is 6.36. The third-order valence-corrected chi connectivity index (χ3v) is 4.47. The van der Waals surface area contributed by atoms with Gasteiger partial charge < -0.3 is 14.8 Å². The van der Waals surface area contributed by atoms with Crippen molar-refractivity contribution in [1.82, 2.24) is 10.3 Å². The lowest BCUT2D eigenvalue weighted by Crippen LogP contribution is -2.30. The van der Waals surface area contributed by atoms with E-state index >= 15 is 0 Å². The zero-order chi connectivity index (χ0) is 18.9. The molecule has 2 aromatic rings. The number of ether oxygens (including phenoxy) is 2. The molecule has 6 nitrogen and oxygen atoms in total. The van der Waals surface area contributed by atoms with Crippen molar-refractivity contribution >= 4 is 23.4 Å². The fourth-order valence-electron chi connectivity index (χ4n) is 2.35. The molecule has 1 heterocycles. The van der Waals surface area contributed by atoms with Crippen LogP contribution in [-0.2, 0) is 16.1 Å². The number of nitrogens with zero attached hydrogens (tertiary/aromatic N) is 1. The first-order valence-corrected chi connectivity index (χ1v) is 9.47. The van der Waals surface area contributed by atoms with Crippen LogP contribution in [-0.4, -0.2) is 23.7 Å². The molecule has 140 valence electrons. The van der Waals surface area contributed by atoms with E-state index in [-0.39, 0.29) is 18.3 Å². The minimum Gasteiger partial charge on any atom is -0.461 e. The first-order valence-electron chi connectivity index (χ1n) is 8.59. The minimum absolute atomic E-state index is 0.201. The van der Waals surface area contributed by atoms with Crippen molar-refractivity contribution < 1.29 is 19.1 Å². The predicted octanol–water partition coefficient (Wildman–Crippen LogP) is 4.33. The van der Waals surface area contributed by atoms with E-state index in [4.69, 9.17) is 9.47 Å². The lowest BCUT2D eigenvalue weighted by atomic mass is 10.0. The van der Waals surface area contributed by atoms with Gasteiger partial charge in [-0.3, -0.25) is 0 Å². The van der Waals surface area contributed by atoms with Crippen LogP contribution < -0.4 is 5.32 Å². The maximum absolute atomic E-state index is 12.2. The molecule has 2 rings (SSSR count). The fourth-order valence-corrected chi connectivity index (χ4v) is 3.20. The van der Waals surface area contributed by atoms with Crippen molar-refractivity contribution in [3.63, 3.8) is 0 Å². The van der Waals surface area contributed by atoms with Gasteiger partial charge in [0, 0.05) is 5.38 Å². The van der Waals surface area contributed by atoms with Gasteiger partial charge in [0.05, 0.1) is 12.6 Å². The van der Waals surface area contributed by atoms with Gasteiger partial charge in [-0.15, -0.1) is 11.3 Å². The van der Waals surface area contributed by atoms with Gasteiger partial charge in [-0.1, -0.05) is 44.2 Å². The molecule has 0 bridgehead atoms. The molecule has 0 unspecified atom stereocenters. The summed E-state index contributed by atoms with van der Waals surface area (Å²) in [6, 6.07) is 9.17. The summed E-state index contributed by atoms with van der Waals surface area (Å²) >= 11 is 1.33. The second-order valence-corrected chi connectivity index (χ2v) is 7.07. The van der Waals surface area contributed by atoms with Gasteiger partial charge in [-0.2, -0.15) is 0 Å². The van der Waals surface area contributed by atoms with Gasteiger partial charge in [0.1, 0.15) is 11.6 Å². The van der Waals surface area contributed by atoms with Crippen molar-refractivity contribution in [2.45, 2.75) is 39.8 Å². The van der Waals surface area contributed by atoms with E-state index in [1.54, 1.807) is 12.3 Å². The van der Waals surface area contributed by atoms with Gasteiger partial charge >= 0.3 is 12.1 Å². The molecule has 1 N–H and O–H groups in total. The Morgan fingerprint density at radius 1 is 1.19 bits per heavy atom. The number of hydrogen-bond acceptors (Lipinski definition) is 6. The third kappa shape index (κ3) is 6.15. The molecule has 0 aliphatic heterocycles. The van der Waals surface area contributed by atoms with Gasteiger partial charge in [-0.05, 0) is 24.8 Å². The molecule has 1 atom stereocenters. The topological polar surface area (TPSA) is 77.5 Å². The number of aromatic nitrogens is 1. The summed E-state index contributed by atoms with van der Waals surface area (Å²) < 4.78 is 10.3.